The molecule has 5 heavy (non-hydrogen) atoms. The topological polar surface area (TPSA) is 0 Å². The van der Waals surface area contributed by atoms with Crippen molar-refractivity contribution in [3.63, 3.8) is 0 Å². The lowest BCUT2D eigenvalue weighted by atomic mass is 10.1. The summed E-state index contributed by atoms with van der Waals surface area (Å²) in [6.45, 7) is 3.38. The van der Waals surface area contributed by atoms with Gasteiger partial charge in [-0.15, -0.1) is 5.98 Å². The van der Waals surface area contributed by atoms with Crippen molar-refractivity contribution in [2.45, 2.75) is 0 Å². The smallest absolute Gasteiger partial charge is 0.102 e. The predicted octanol–water partition coefficient (Wildman–Crippen LogP) is 0.855. The Morgan fingerprint density at radius 2 is 2.20 bits per heavy atom. The van der Waals surface area contributed by atoms with Gasteiger partial charge in [-0.25, -0.2) is 0 Å². The third-order valence-electron chi connectivity index (χ3n) is 0.247. The average molecular weight is 63.9 g/mol. The molecule has 0 unspecified atom stereocenters. The Balaban J connectivity index is 2.92. The van der Waals surface area contributed by atoms with Crippen molar-refractivity contribution < 1.29 is 0 Å². The summed E-state index contributed by atoms with van der Waals surface area (Å²) in [5.74, 6) is 1.44. The van der Waals surface area contributed by atoms with Crippen LogP contribution in [0.4, 0.5) is 0 Å². The lowest BCUT2D eigenvalue weighted by Gasteiger charge is -1.56. The molecule has 0 aliphatic carbocycles. The largest absolute Gasteiger partial charge is 0.132 e. The maximum atomic E-state index is 4.89. The molecule has 0 bridgehead atoms. The number of hydrogen-bond donors (Lipinski definition) is 0. The molecule has 0 aliphatic heterocycles. The van der Waals surface area contributed by atoms with E-state index in [2.05, 4.69) is 6.58 Å². The minimum absolute atomic E-state index is 1.44. The highest BCUT2D eigenvalue weighted by Crippen LogP contribution is 1.60. The lowest BCUT2D eigenvalue weighted by Crippen LogP contribution is -1.43. The maximum absolute atomic E-state index is 4.89. The van der Waals surface area contributed by atoms with Crippen LogP contribution in [0, 0.1) is 0 Å². The van der Waals surface area contributed by atoms with Gasteiger partial charge in [0.2, 0.25) is 0 Å². The minimum atomic E-state index is 1.44. The van der Waals surface area contributed by atoms with E-state index in [9.17, 15) is 0 Å². The van der Waals surface area contributed by atoms with E-state index in [0.29, 0.717) is 0 Å². The zero-order chi connectivity index (χ0) is 4.12. The molecular formula is C4H5B. The molecule has 0 aromatic rings. The van der Waals surface area contributed by atoms with Gasteiger partial charge in [0, 0.05) is 0 Å². The van der Waals surface area contributed by atoms with Crippen LogP contribution in [0.3, 0.4) is 0 Å². The fraction of sp³-hybridized carbons (Fsp3) is 0. The van der Waals surface area contributed by atoms with Crippen LogP contribution in [0.2, 0.25) is 0 Å². The first-order valence-corrected chi connectivity index (χ1v) is 1.41. The fourth-order valence-corrected chi connectivity index (χ4v) is 0.0786. The number of allylic oxidation sites excluding steroid dienone is 2. The molecule has 24 valence electrons. The predicted molar refractivity (Wildman–Crippen MR) is 25.1 cm³/mol. The Labute approximate surface area is 33.6 Å². The van der Waals surface area contributed by atoms with E-state index >= 15 is 0 Å². The summed E-state index contributed by atoms with van der Waals surface area (Å²) in [5.41, 5.74) is 0. The molecule has 0 saturated heterocycles. The van der Waals surface area contributed by atoms with Gasteiger partial charge in [0.25, 0.3) is 0 Å². The van der Waals surface area contributed by atoms with Crippen molar-refractivity contribution in [2.75, 3.05) is 0 Å². The van der Waals surface area contributed by atoms with E-state index in [-0.39, 0.29) is 0 Å². The van der Waals surface area contributed by atoms with Gasteiger partial charge >= 0.3 is 0 Å². The van der Waals surface area contributed by atoms with Crippen LogP contribution in [0.5, 0.6) is 0 Å². The Kier molecular flexibility index (Phi) is 3.22. The van der Waals surface area contributed by atoms with Gasteiger partial charge in [0.15, 0.2) is 0 Å². The van der Waals surface area contributed by atoms with Gasteiger partial charge in [-0.2, -0.15) is 0 Å². The van der Waals surface area contributed by atoms with Crippen LogP contribution in [-0.4, -0.2) is 7.85 Å². The Morgan fingerprint density at radius 1 is 1.60 bits per heavy atom. The van der Waals surface area contributed by atoms with Crippen LogP contribution in [0.15, 0.2) is 24.7 Å². The van der Waals surface area contributed by atoms with Crippen molar-refractivity contribution in [1.29, 1.82) is 0 Å². The van der Waals surface area contributed by atoms with Gasteiger partial charge < -0.3 is 0 Å². The molecule has 0 rings (SSSR count). The van der Waals surface area contributed by atoms with Crippen LogP contribution in [0.25, 0.3) is 0 Å². The van der Waals surface area contributed by atoms with E-state index in [1.165, 1.54) is 5.98 Å². The summed E-state index contributed by atoms with van der Waals surface area (Å²) < 4.78 is 0. The molecule has 0 amide bonds. The maximum Gasteiger partial charge on any atom is 0.102 e. The molecule has 0 aromatic heterocycles. The highest BCUT2D eigenvalue weighted by molar-refractivity contribution is 6.17. The van der Waals surface area contributed by atoms with Crippen LogP contribution >= 0.6 is 0 Å². The molecule has 0 aromatic carbocycles. The molecule has 0 fully saturated rings. The van der Waals surface area contributed by atoms with Crippen molar-refractivity contribution in [2.24, 2.45) is 0 Å². The van der Waals surface area contributed by atoms with Crippen molar-refractivity contribution in [1.82, 2.24) is 0 Å². The van der Waals surface area contributed by atoms with Gasteiger partial charge in [-0.3, -0.25) is 0 Å². The van der Waals surface area contributed by atoms with Crippen molar-refractivity contribution in [3.05, 3.63) is 24.7 Å². The monoisotopic (exact) mass is 64.0 g/mol. The zero-order valence-electron chi connectivity index (χ0n) is 3.02. The van der Waals surface area contributed by atoms with E-state index < -0.39 is 0 Å². The minimum Gasteiger partial charge on any atom is -0.132 e. The van der Waals surface area contributed by atoms with E-state index in [4.69, 9.17) is 7.85 Å². The summed E-state index contributed by atoms with van der Waals surface area (Å²) in [6, 6.07) is 0. The van der Waals surface area contributed by atoms with E-state index in [1.54, 1.807) is 12.2 Å². The summed E-state index contributed by atoms with van der Waals surface area (Å²) in [6.07, 6.45) is 3.29. The van der Waals surface area contributed by atoms with E-state index in [1.807, 2.05) is 0 Å². The summed E-state index contributed by atoms with van der Waals surface area (Å²) in [7, 11) is 4.89. The summed E-state index contributed by atoms with van der Waals surface area (Å²) in [4.78, 5) is 0. The molecule has 0 spiro atoms. The molecule has 2 radical (unpaired) electrons. The van der Waals surface area contributed by atoms with Crippen molar-refractivity contribution in [3.8, 4) is 0 Å². The van der Waals surface area contributed by atoms with Gasteiger partial charge in [-0.1, -0.05) is 18.7 Å². The van der Waals surface area contributed by atoms with Crippen LogP contribution in [0.1, 0.15) is 0 Å². The Morgan fingerprint density at radius 3 is 2.20 bits per heavy atom. The van der Waals surface area contributed by atoms with E-state index in [0.717, 1.165) is 0 Å². The standard InChI is InChI=1S/C4H5B/c1-2-3-4-5/h2-4H,1H2. The molecular weight excluding hydrogens is 58.9 g/mol. The van der Waals surface area contributed by atoms with Gasteiger partial charge in [0.1, 0.15) is 7.85 Å². The van der Waals surface area contributed by atoms with Crippen LogP contribution in [-0.2, 0) is 0 Å². The van der Waals surface area contributed by atoms with Crippen molar-refractivity contribution >= 4 is 7.85 Å². The molecule has 0 atom stereocenters. The van der Waals surface area contributed by atoms with Crippen LogP contribution < -0.4 is 0 Å². The average Bonchev–Trinajstić information content (AvgIpc) is 1.41. The first-order valence-electron chi connectivity index (χ1n) is 1.41. The summed E-state index contributed by atoms with van der Waals surface area (Å²) in [5, 5.41) is 0. The van der Waals surface area contributed by atoms with Gasteiger partial charge in [0.05, 0.1) is 0 Å². The quantitative estimate of drug-likeness (QED) is 0.313. The molecule has 0 heterocycles. The highest BCUT2D eigenvalue weighted by Gasteiger charge is 1.42. The SMILES string of the molecule is [B]C=CC=C. The molecule has 0 nitrogen and oxygen atoms in total. The van der Waals surface area contributed by atoms with Gasteiger partial charge in [-0.05, 0) is 0 Å². The Hall–Kier alpha value is -0.455. The summed E-state index contributed by atoms with van der Waals surface area (Å²) >= 11 is 0. The Bertz CT molecular complexity index is 45.6. The number of rotatable bonds is 1. The molecule has 0 aliphatic rings. The molecule has 0 saturated carbocycles. The fourth-order valence-electron chi connectivity index (χ4n) is 0.0786. The molecule has 0 N–H and O–H groups in total. The molecule has 1 heteroatoms. The third-order valence-corrected chi connectivity index (χ3v) is 0.247. The lowest BCUT2D eigenvalue weighted by molar-refractivity contribution is 2.11. The zero-order valence-corrected chi connectivity index (χ0v) is 3.02. The number of hydrogen-bond acceptors (Lipinski definition) is 0. The second kappa shape index (κ2) is 3.54. The normalized spacial score (nSPS) is 8.80. The first-order chi connectivity index (χ1) is 2.41. The third kappa shape index (κ3) is 3.54. The second-order valence-corrected chi connectivity index (χ2v) is 0.621. The highest BCUT2D eigenvalue weighted by atomic mass is 13.4. The first kappa shape index (κ1) is 4.54. The second-order valence-electron chi connectivity index (χ2n) is 0.621.